The van der Waals surface area contributed by atoms with Crippen LogP contribution in [0.2, 0.25) is 10.0 Å². The van der Waals surface area contributed by atoms with Gasteiger partial charge in [-0.3, -0.25) is 10.1 Å². The number of carbonyl (C=O) groups is 1. The number of halogens is 2. The van der Waals surface area contributed by atoms with Crippen LogP contribution in [-0.2, 0) is 11.3 Å². The second kappa shape index (κ2) is 8.29. The fourth-order valence-electron chi connectivity index (χ4n) is 2.12. The minimum absolute atomic E-state index is 0.318. The molecule has 2 N–H and O–H groups in total. The molecule has 0 unspecified atom stereocenters. The molecule has 0 aliphatic heterocycles. The van der Waals surface area contributed by atoms with Crippen LogP contribution in [-0.4, -0.2) is 32.1 Å². The van der Waals surface area contributed by atoms with Gasteiger partial charge in [0.1, 0.15) is 6.04 Å². The quantitative estimate of drug-likeness (QED) is 0.758. The summed E-state index contributed by atoms with van der Waals surface area (Å²) in [5.41, 5.74) is 1.25. The molecule has 0 spiro atoms. The minimum Gasteiger partial charge on any atom is -0.480 e. The Morgan fingerprint density at radius 2 is 2.22 bits per heavy atom. The average molecular weight is 357 g/mol. The lowest BCUT2D eigenvalue weighted by molar-refractivity contribution is -0.139. The Labute approximate surface area is 144 Å². The maximum Gasteiger partial charge on any atom is 0.320 e. The fraction of sp³-hybridized carbons (Fsp3) is 0.400. The van der Waals surface area contributed by atoms with Crippen molar-refractivity contribution < 1.29 is 9.90 Å². The topological polar surface area (TPSA) is 80.0 Å². The molecule has 1 heterocycles. The van der Waals surface area contributed by atoms with Gasteiger partial charge in [-0.1, -0.05) is 54.2 Å². The molecule has 124 valence electrons. The molecule has 0 amide bonds. The third-order valence-corrected chi connectivity index (χ3v) is 4.20. The predicted molar refractivity (Wildman–Crippen MR) is 89.2 cm³/mol. The van der Waals surface area contributed by atoms with E-state index >= 15 is 0 Å². The zero-order valence-corrected chi connectivity index (χ0v) is 14.2. The lowest BCUT2D eigenvalue weighted by atomic mass is 10.1. The molecule has 1 aromatic heterocycles. The van der Waals surface area contributed by atoms with Crippen molar-refractivity contribution in [3.05, 3.63) is 40.1 Å². The van der Waals surface area contributed by atoms with Gasteiger partial charge in [-0.25, -0.2) is 4.68 Å². The molecule has 1 atom stereocenters. The number of carboxylic acids is 1. The largest absolute Gasteiger partial charge is 0.480 e. The summed E-state index contributed by atoms with van der Waals surface area (Å²) in [5, 5.41) is 21.0. The molecule has 0 bridgehead atoms. The van der Waals surface area contributed by atoms with E-state index in [4.69, 9.17) is 23.2 Å². The average Bonchev–Trinajstić information content (AvgIpc) is 2.98. The highest BCUT2D eigenvalue weighted by molar-refractivity contribution is 6.43. The summed E-state index contributed by atoms with van der Waals surface area (Å²) in [5.74, 6) is -0.858. The van der Waals surface area contributed by atoms with Crippen molar-refractivity contribution >= 4 is 29.2 Å². The first kappa shape index (κ1) is 17.7. The van der Waals surface area contributed by atoms with Gasteiger partial charge in [-0.15, -0.1) is 5.10 Å². The Kier molecular flexibility index (Phi) is 6.38. The Bertz CT molecular complexity index is 675. The number of nitrogens with one attached hydrogen (secondary N) is 1. The summed E-state index contributed by atoms with van der Waals surface area (Å²) in [6.07, 6.45) is 4.09. The summed E-state index contributed by atoms with van der Waals surface area (Å²) in [6.45, 7) is 2.35. The summed E-state index contributed by atoms with van der Waals surface area (Å²) < 4.78 is 1.52. The number of benzene rings is 1. The maximum absolute atomic E-state index is 11.2. The molecule has 0 saturated carbocycles. The molecule has 23 heavy (non-hydrogen) atoms. The fourth-order valence-corrected chi connectivity index (χ4v) is 2.50. The van der Waals surface area contributed by atoms with Crippen molar-refractivity contribution in [2.24, 2.45) is 0 Å². The van der Waals surface area contributed by atoms with Crippen LogP contribution in [0.4, 0.5) is 0 Å². The van der Waals surface area contributed by atoms with Crippen LogP contribution in [0.15, 0.2) is 24.4 Å². The SMILES string of the molecule is CCCC[C@H](NCc1cn(-c2cccc(Cl)c2Cl)nn1)C(=O)O. The van der Waals surface area contributed by atoms with E-state index in [1.54, 1.807) is 24.4 Å². The van der Waals surface area contributed by atoms with E-state index in [0.29, 0.717) is 34.4 Å². The molecule has 0 aliphatic carbocycles. The normalized spacial score (nSPS) is 12.3. The molecule has 1 aromatic carbocycles. The minimum atomic E-state index is -0.858. The number of hydrogen-bond donors (Lipinski definition) is 2. The standard InChI is InChI=1S/C15H18Cl2N4O2/c1-2-3-6-12(15(22)23)18-8-10-9-21(20-19-10)13-7-4-5-11(16)14(13)17/h4-5,7,9,12,18H,2-3,6,8H2,1H3,(H,22,23)/t12-/m0/s1. The first-order valence-electron chi connectivity index (χ1n) is 7.34. The number of carboxylic acid groups (broad SMARTS) is 1. The van der Waals surface area contributed by atoms with Crippen LogP contribution in [0.25, 0.3) is 5.69 Å². The van der Waals surface area contributed by atoms with E-state index in [1.807, 2.05) is 6.92 Å². The van der Waals surface area contributed by atoms with Crippen molar-refractivity contribution in [2.75, 3.05) is 0 Å². The van der Waals surface area contributed by atoms with E-state index in [1.165, 1.54) is 4.68 Å². The predicted octanol–water partition coefficient (Wildman–Crippen LogP) is 3.31. The summed E-state index contributed by atoms with van der Waals surface area (Å²) >= 11 is 12.1. The third kappa shape index (κ3) is 4.67. The van der Waals surface area contributed by atoms with E-state index in [0.717, 1.165) is 12.8 Å². The van der Waals surface area contributed by atoms with Crippen molar-refractivity contribution in [1.82, 2.24) is 20.3 Å². The van der Waals surface area contributed by atoms with Gasteiger partial charge in [-0.05, 0) is 18.6 Å². The third-order valence-electron chi connectivity index (χ3n) is 3.39. The van der Waals surface area contributed by atoms with Gasteiger partial charge in [0.15, 0.2) is 0 Å². The molecular formula is C15H18Cl2N4O2. The smallest absolute Gasteiger partial charge is 0.320 e. The number of aromatic nitrogens is 3. The van der Waals surface area contributed by atoms with Gasteiger partial charge >= 0.3 is 5.97 Å². The highest BCUT2D eigenvalue weighted by atomic mass is 35.5. The zero-order valence-electron chi connectivity index (χ0n) is 12.7. The Morgan fingerprint density at radius 3 is 2.91 bits per heavy atom. The Balaban J connectivity index is 2.04. The van der Waals surface area contributed by atoms with Crippen LogP contribution in [0.5, 0.6) is 0 Å². The lowest BCUT2D eigenvalue weighted by Gasteiger charge is -2.12. The van der Waals surface area contributed by atoms with Crippen LogP contribution in [0.3, 0.4) is 0 Å². The molecule has 6 nitrogen and oxygen atoms in total. The van der Waals surface area contributed by atoms with Gasteiger partial charge in [0.25, 0.3) is 0 Å². The molecule has 2 rings (SSSR count). The molecule has 8 heteroatoms. The van der Waals surface area contributed by atoms with Gasteiger partial charge < -0.3 is 5.11 Å². The maximum atomic E-state index is 11.2. The molecular weight excluding hydrogens is 339 g/mol. The monoisotopic (exact) mass is 356 g/mol. The van der Waals surface area contributed by atoms with Crippen LogP contribution < -0.4 is 5.32 Å². The molecule has 0 fully saturated rings. The number of nitrogens with zero attached hydrogens (tertiary/aromatic N) is 3. The highest BCUT2D eigenvalue weighted by Gasteiger charge is 2.17. The summed E-state index contributed by atoms with van der Waals surface area (Å²) in [4.78, 5) is 11.2. The molecule has 2 aromatic rings. The molecule has 0 saturated heterocycles. The molecule has 0 radical (unpaired) electrons. The van der Waals surface area contributed by atoms with Crippen molar-refractivity contribution in [3.63, 3.8) is 0 Å². The van der Waals surface area contributed by atoms with Crippen molar-refractivity contribution in [1.29, 1.82) is 0 Å². The molecule has 0 aliphatic rings. The van der Waals surface area contributed by atoms with Crippen LogP contribution in [0, 0.1) is 0 Å². The van der Waals surface area contributed by atoms with Crippen molar-refractivity contribution in [2.45, 2.75) is 38.8 Å². The second-order valence-corrected chi connectivity index (χ2v) is 5.93. The Morgan fingerprint density at radius 1 is 1.43 bits per heavy atom. The van der Waals surface area contributed by atoms with Crippen molar-refractivity contribution in [3.8, 4) is 5.69 Å². The first-order chi connectivity index (χ1) is 11.0. The number of hydrogen-bond acceptors (Lipinski definition) is 4. The summed E-state index contributed by atoms with van der Waals surface area (Å²) in [7, 11) is 0. The van der Waals surface area contributed by atoms with E-state index in [9.17, 15) is 9.90 Å². The van der Waals surface area contributed by atoms with E-state index in [2.05, 4.69) is 15.6 Å². The van der Waals surface area contributed by atoms with Gasteiger partial charge in [-0.2, -0.15) is 0 Å². The van der Waals surface area contributed by atoms with E-state index < -0.39 is 12.0 Å². The van der Waals surface area contributed by atoms with Gasteiger partial charge in [0.2, 0.25) is 0 Å². The summed E-state index contributed by atoms with van der Waals surface area (Å²) in [6, 6.07) is 4.66. The number of rotatable bonds is 8. The van der Waals surface area contributed by atoms with Crippen LogP contribution >= 0.6 is 23.2 Å². The number of aliphatic carboxylic acids is 1. The number of unbranched alkanes of at least 4 members (excludes halogenated alkanes) is 1. The van der Waals surface area contributed by atoms with E-state index in [-0.39, 0.29) is 0 Å². The Hall–Kier alpha value is -1.63. The van der Waals surface area contributed by atoms with Gasteiger partial charge in [0, 0.05) is 6.54 Å². The first-order valence-corrected chi connectivity index (χ1v) is 8.10. The lowest BCUT2D eigenvalue weighted by Crippen LogP contribution is -2.36. The van der Waals surface area contributed by atoms with Crippen LogP contribution in [0.1, 0.15) is 31.9 Å². The highest BCUT2D eigenvalue weighted by Crippen LogP contribution is 2.27. The second-order valence-electron chi connectivity index (χ2n) is 5.14. The van der Waals surface area contributed by atoms with Gasteiger partial charge in [0.05, 0.1) is 27.6 Å². The zero-order chi connectivity index (χ0) is 16.8.